The molecule has 0 bridgehead atoms. The first-order chi connectivity index (χ1) is 17.3. The van der Waals surface area contributed by atoms with Gasteiger partial charge < -0.3 is 19.4 Å². The first kappa shape index (κ1) is 20.5. The van der Waals surface area contributed by atoms with E-state index in [2.05, 4.69) is 43.6 Å². The summed E-state index contributed by atoms with van der Waals surface area (Å²) in [5, 5.41) is 13.9. The molecule has 178 valence electrons. The fourth-order valence-corrected chi connectivity index (χ4v) is 5.86. The maximum Gasteiger partial charge on any atom is 0.254 e. The van der Waals surface area contributed by atoms with Crippen LogP contribution >= 0.6 is 0 Å². The van der Waals surface area contributed by atoms with Crippen LogP contribution in [0.15, 0.2) is 47.3 Å². The van der Waals surface area contributed by atoms with E-state index in [1.807, 2.05) is 28.9 Å². The largest absolute Gasteiger partial charge is 0.454 e. The molecule has 7 rings (SSSR count). The number of anilines is 1. The number of rotatable bonds is 4. The SMILES string of the molecule is O=c1[nH]c2cc3c(cc2cc1[C@H](c1nnnn1C1CCCCC1)N1CCc2ccccc21)OCO3. The molecule has 1 atom stereocenters. The molecule has 0 saturated heterocycles. The van der Waals surface area contributed by atoms with Gasteiger partial charge in [-0.2, -0.15) is 0 Å². The number of hydrogen-bond acceptors (Lipinski definition) is 7. The Bertz CT molecular complexity index is 1470. The second kappa shape index (κ2) is 8.11. The van der Waals surface area contributed by atoms with Crippen LogP contribution < -0.4 is 19.9 Å². The van der Waals surface area contributed by atoms with Crippen LogP contribution in [0.4, 0.5) is 5.69 Å². The first-order valence-corrected chi connectivity index (χ1v) is 12.3. The zero-order valence-electron chi connectivity index (χ0n) is 19.3. The lowest BCUT2D eigenvalue weighted by Gasteiger charge is -2.31. The maximum absolute atomic E-state index is 13.6. The molecule has 0 amide bonds. The van der Waals surface area contributed by atoms with Crippen LogP contribution in [0.5, 0.6) is 11.5 Å². The Morgan fingerprint density at radius 2 is 1.86 bits per heavy atom. The van der Waals surface area contributed by atoms with Crippen LogP contribution in [0, 0.1) is 0 Å². The number of nitrogens with one attached hydrogen (secondary N) is 1. The molecule has 9 heteroatoms. The molecule has 0 radical (unpaired) electrons. The van der Waals surface area contributed by atoms with Crippen LogP contribution in [0.2, 0.25) is 0 Å². The fourth-order valence-electron chi connectivity index (χ4n) is 5.86. The first-order valence-electron chi connectivity index (χ1n) is 12.3. The molecule has 4 heterocycles. The Kier molecular flexibility index (Phi) is 4.75. The van der Waals surface area contributed by atoms with Crippen molar-refractivity contribution >= 4 is 16.6 Å². The number of nitrogens with zero attached hydrogens (tertiary/aromatic N) is 5. The monoisotopic (exact) mass is 470 g/mol. The van der Waals surface area contributed by atoms with E-state index in [9.17, 15) is 4.79 Å². The number of hydrogen-bond donors (Lipinski definition) is 1. The van der Waals surface area contributed by atoms with E-state index in [0.29, 0.717) is 17.1 Å². The summed E-state index contributed by atoms with van der Waals surface area (Å²) in [5.41, 5.74) is 3.59. The van der Waals surface area contributed by atoms with Gasteiger partial charge in [-0.15, -0.1) is 5.10 Å². The van der Waals surface area contributed by atoms with Crippen molar-refractivity contribution in [2.24, 2.45) is 0 Å². The van der Waals surface area contributed by atoms with Crippen molar-refractivity contribution in [1.82, 2.24) is 25.2 Å². The summed E-state index contributed by atoms with van der Waals surface area (Å²) in [6.07, 6.45) is 6.62. The lowest BCUT2D eigenvalue weighted by Crippen LogP contribution is -2.35. The zero-order valence-corrected chi connectivity index (χ0v) is 19.3. The van der Waals surface area contributed by atoms with E-state index in [1.54, 1.807) is 0 Å². The minimum absolute atomic E-state index is 0.149. The van der Waals surface area contributed by atoms with Crippen LogP contribution in [0.3, 0.4) is 0 Å². The van der Waals surface area contributed by atoms with Crippen LogP contribution in [0.1, 0.15) is 61.1 Å². The molecule has 1 aliphatic carbocycles. The van der Waals surface area contributed by atoms with Crippen LogP contribution in [0.25, 0.3) is 10.9 Å². The van der Waals surface area contributed by atoms with Gasteiger partial charge in [0.1, 0.15) is 6.04 Å². The van der Waals surface area contributed by atoms with Crippen molar-refractivity contribution < 1.29 is 9.47 Å². The minimum atomic E-state index is -0.408. The van der Waals surface area contributed by atoms with Crippen molar-refractivity contribution in [3.8, 4) is 11.5 Å². The molecule has 9 nitrogen and oxygen atoms in total. The topological polar surface area (TPSA) is 98.2 Å². The van der Waals surface area contributed by atoms with Crippen molar-refractivity contribution in [3.05, 3.63) is 69.8 Å². The molecule has 2 aromatic heterocycles. The van der Waals surface area contributed by atoms with E-state index in [0.717, 1.165) is 48.2 Å². The molecule has 4 aromatic rings. The highest BCUT2D eigenvalue weighted by atomic mass is 16.7. The van der Waals surface area contributed by atoms with Gasteiger partial charge in [-0.05, 0) is 53.5 Å². The Balaban J connectivity index is 1.41. The maximum atomic E-state index is 13.6. The van der Waals surface area contributed by atoms with Crippen molar-refractivity contribution in [2.75, 3.05) is 18.2 Å². The summed E-state index contributed by atoms with van der Waals surface area (Å²) in [6.45, 7) is 0.978. The van der Waals surface area contributed by atoms with E-state index in [1.165, 1.54) is 24.8 Å². The van der Waals surface area contributed by atoms with Gasteiger partial charge in [-0.3, -0.25) is 4.79 Å². The summed E-state index contributed by atoms with van der Waals surface area (Å²) in [6, 6.07) is 13.9. The Hall–Kier alpha value is -3.88. The van der Waals surface area contributed by atoms with Crippen LogP contribution in [-0.2, 0) is 6.42 Å². The summed E-state index contributed by atoms with van der Waals surface area (Å²) >= 11 is 0. The third-order valence-corrected chi connectivity index (χ3v) is 7.58. The predicted molar refractivity (Wildman–Crippen MR) is 130 cm³/mol. The van der Waals surface area contributed by atoms with Gasteiger partial charge in [0.25, 0.3) is 5.56 Å². The number of fused-ring (bicyclic) bond motifs is 3. The van der Waals surface area contributed by atoms with E-state index < -0.39 is 6.04 Å². The quantitative estimate of drug-likeness (QED) is 0.483. The molecule has 2 aliphatic heterocycles. The molecule has 0 spiro atoms. The van der Waals surface area contributed by atoms with Gasteiger partial charge in [-0.25, -0.2) is 4.68 Å². The second-order valence-electron chi connectivity index (χ2n) is 9.59. The molecular weight excluding hydrogens is 444 g/mol. The number of para-hydroxylation sites is 1. The minimum Gasteiger partial charge on any atom is -0.454 e. The van der Waals surface area contributed by atoms with Crippen molar-refractivity contribution in [1.29, 1.82) is 0 Å². The van der Waals surface area contributed by atoms with Gasteiger partial charge >= 0.3 is 0 Å². The number of ether oxygens (including phenoxy) is 2. The zero-order chi connectivity index (χ0) is 23.4. The third kappa shape index (κ3) is 3.37. The molecule has 35 heavy (non-hydrogen) atoms. The molecule has 2 aromatic carbocycles. The van der Waals surface area contributed by atoms with E-state index >= 15 is 0 Å². The predicted octanol–water partition coefficient (Wildman–Crippen LogP) is 3.90. The second-order valence-corrected chi connectivity index (χ2v) is 9.59. The molecular formula is C26H26N6O3. The smallest absolute Gasteiger partial charge is 0.254 e. The average molecular weight is 471 g/mol. The molecule has 0 unspecified atom stereocenters. The van der Waals surface area contributed by atoms with Crippen LogP contribution in [-0.4, -0.2) is 38.5 Å². The number of benzene rings is 2. The highest BCUT2D eigenvalue weighted by Crippen LogP contribution is 2.40. The Morgan fingerprint density at radius 1 is 1.03 bits per heavy atom. The Labute approximate surface area is 201 Å². The van der Waals surface area contributed by atoms with Gasteiger partial charge in [-0.1, -0.05) is 37.5 Å². The highest BCUT2D eigenvalue weighted by molar-refractivity contribution is 5.83. The van der Waals surface area contributed by atoms with Gasteiger partial charge in [0, 0.05) is 29.2 Å². The number of tetrazole rings is 1. The number of H-pyrrole nitrogens is 1. The van der Waals surface area contributed by atoms with Gasteiger partial charge in [0.15, 0.2) is 17.3 Å². The Morgan fingerprint density at radius 3 is 2.74 bits per heavy atom. The van der Waals surface area contributed by atoms with Gasteiger partial charge in [0.2, 0.25) is 6.79 Å². The lowest BCUT2D eigenvalue weighted by atomic mass is 9.95. The summed E-state index contributed by atoms with van der Waals surface area (Å²) in [5.74, 6) is 2.05. The fraction of sp³-hybridized carbons (Fsp3) is 0.385. The van der Waals surface area contributed by atoms with Crippen molar-refractivity contribution in [3.63, 3.8) is 0 Å². The molecule has 1 N–H and O–H groups in total. The molecule has 1 fully saturated rings. The summed E-state index contributed by atoms with van der Waals surface area (Å²) in [7, 11) is 0. The number of aromatic amines is 1. The summed E-state index contributed by atoms with van der Waals surface area (Å²) < 4.78 is 13.1. The number of aromatic nitrogens is 5. The third-order valence-electron chi connectivity index (χ3n) is 7.58. The van der Waals surface area contributed by atoms with Crippen molar-refractivity contribution in [2.45, 2.75) is 50.6 Å². The van der Waals surface area contributed by atoms with E-state index in [4.69, 9.17) is 9.47 Å². The van der Waals surface area contributed by atoms with Gasteiger partial charge in [0.05, 0.1) is 11.6 Å². The molecule has 1 saturated carbocycles. The standard InChI is InChI=1S/C26H26N6O3/c33-26-19(12-17-13-22-23(35-15-34-22)14-20(17)27-26)24(31-11-10-16-6-4-5-9-21(16)31)25-28-29-30-32(25)18-7-2-1-3-8-18/h4-6,9,12-14,18,24H,1-3,7-8,10-11,15H2,(H,27,33)/t24-/m1/s1. The van der Waals surface area contributed by atoms with E-state index in [-0.39, 0.29) is 18.4 Å². The highest BCUT2D eigenvalue weighted by Gasteiger charge is 2.36. The average Bonchev–Trinajstić information content (AvgIpc) is 3.64. The normalized spacial score (nSPS) is 18.2. The molecule has 3 aliphatic rings. The number of pyridine rings is 1. The lowest BCUT2D eigenvalue weighted by molar-refractivity contribution is 0.174. The summed E-state index contributed by atoms with van der Waals surface area (Å²) in [4.78, 5) is 19.0.